The molecule has 0 fully saturated rings. The van der Waals surface area contributed by atoms with Crippen LogP contribution in [0.5, 0.6) is 0 Å². The molecule has 0 radical (unpaired) electrons. The molecule has 0 aliphatic heterocycles. The molecule has 3 N–H and O–H groups in total. The van der Waals surface area contributed by atoms with Crippen LogP contribution in [0.3, 0.4) is 0 Å². The zero-order valence-corrected chi connectivity index (χ0v) is 14.4. The van der Waals surface area contributed by atoms with E-state index in [1.807, 2.05) is 19.2 Å². The normalized spacial score (nSPS) is 10.9. The van der Waals surface area contributed by atoms with E-state index >= 15 is 0 Å². The van der Waals surface area contributed by atoms with Crippen LogP contribution in [0.4, 0.5) is 5.95 Å². The summed E-state index contributed by atoms with van der Waals surface area (Å²) in [4.78, 5) is 20.8. The number of benzene rings is 1. The number of carbonyl (C=O) groups is 1. The van der Waals surface area contributed by atoms with Crippen molar-refractivity contribution in [3.05, 3.63) is 41.0 Å². The van der Waals surface area contributed by atoms with Crippen molar-refractivity contribution in [2.45, 2.75) is 0 Å². The second kappa shape index (κ2) is 7.12. The highest BCUT2D eigenvalue weighted by Crippen LogP contribution is 2.37. The first kappa shape index (κ1) is 16.6. The number of aromatic carboxylic acids is 1. The van der Waals surface area contributed by atoms with Crippen LogP contribution in [0.2, 0.25) is 5.02 Å². The summed E-state index contributed by atoms with van der Waals surface area (Å²) in [5.41, 5.74) is 0.865. The van der Waals surface area contributed by atoms with Gasteiger partial charge < -0.3 is 15.7 Å². The van der Waals surface area contributed by atoms with Gasteiger partial charge in [-0.3, -0.25) is 0 Å². The number of rotatable bonds is 6. The number of likely N-dealkylation sites (N-methyl/N-ethyl adjacent to an activating group) is 1. The minimum absolute atomic E-state index is 0.271. The van der Waals surface area contributed by atoms with E-state index in [0.29, 0.717) is 28.6 Å². The lowest BCUT2D eigenvalue weighted by Crippen LogP contribution is -2.18. The first-order valence-corrected chi connectivity index (χ1v) is 8.47. The molecule has 0 spiro atoms. The van der Waals surface area contributed by atoms with Gasteiger partial charge in [0.2, 0.25) is 5.95 Å². The molecule has 0 unspecified atom stereocenters. The maximum absolute atomic E-state index is 11.4. The van der Waals surface area contributed by atoms with Crippen LogP contribution in [-0.2, 0) is 0 Å². The SMILES string of the molecule is CNCCNc1ncc(Cl)c(-c2cc3c(C(=O)O)cccc3s2)n1. The standard InChI is InChI=1S/C16H15ClN4O2S/c1-18-5-6-19-16-20-8-11(17)14(21-16)13-7-10-9(15(22)23)3-2-4-12(10)24-13/h2-4,7-8,18H,5-6H2,1H3,(H,22,23)(H,19,20,21). The molecule has 3 rings (SSSR count). The average molecular weight is 363 g/mol. The fourth-order valence-electron chi connectivity index (χ4n) is 2.29. The maximum Gasteiger partial charge on any atom is 0.336 e. The Balaban J connectivity index is 2.02. The van der Waals surface area contributed by atoms with E-state index in [4.69, 9.17) is 11.6 Å². The smallest absolute Gasteiger partial charge is 0.336 e. The van der Waals surface area contributed by atoms with E-state index in [9.17, 15) is 9.90 Å². The van der Waals surface area contributed by atoms with Gasteiger partial charge in [-0.05, 0) is 25.2 Å². The number of halogens is 1. The Hall–Kier alpha value is -2.22. The number of hydrogen-bond donors (Lipinski definition) is 3. The van der Waals surface area contributed by atoms with Crippen LogP contribution >= 0.6 is 22.9 Å². The molecule has 0 aliphatic rings. The van der Waals surface area contributed by atoms with Crippen molar-refractivity contribution in [1.29, 1.82) is 0 Å². The zero-order chi connectivity index (χ0) is 17.1. The lowest BCUT2D eigenvalue weighted by Gasteiger charge is -2.06. The molecule has 0 amide bonds. The van der Waals surface area contributed by atoms with E-state index in [-0.39, 0.29) is 5.56 Å². The summed E-state index contributed by atoms with van der Waals surface area (Å²) in [6, 6.07) is 7.03. The molecule has 0 saturated carbocycles. The Morgan fingerprint density at radius 3 is 2.96 bits per heavy atom. The van der Waals surface area contributed by atoms with E-state index in [1.54, 1.807) is 18.3 Å². The van der Waals surface area contributed by atoms with Crippen molar-refractivity contribution < 1.29 is 9.90 Å². The molecule has 0 aliphatic carbocycles. The Morgan fingerprint density at radius 2 is 2.21 bits per heavy atom. The molecule has 6 nitrogen and oxygen atoms in total. The number of nitrogens with zero attached hydrogens (tertiary/aromatic N) is 2. The molecule has 124 valence electrons. The molecular weight excluding hydrogens is 348 g/mol. The number of carboxylic acids is 1. The van der Waals surface area contributed by atoms with Gasteiger partial charge >= 0.3 is 5.97 Å². The summed E-state index contributed by atoms with van der Waals surface area (Å²) in [5.74, 6) is -0.464. The molecular formula is C16H15ClN4O2S. The number of aromatic nitrogens is 2. The lowest BCUT2D eigenvalue weighted by molar-refractivity contribution is 0.0699. The van der Waals surface area contributed by atoms with Crippen LogP contribution in [0, 0.1) is 0 Å². The van der Waals surface area contributed by atoms with E-state index in [2.05, 4.69) is 20.6 Å². The molecule has 2 aromatic heterocycles. The average Bonchev–Trinajstić information content (AvgIpc) is 3.00. The van der Waals surface area contributed by atoms with E-state index in [0.717, 1.165) is 16.1 Å². The highest BCUT2D eigenvalue weighted by Gasteiger charge is 2.15. The number of hydrogen-bond acceptors (Lipinski definition) is 6. The Kier molecular flexibility index (Phi) is 4.94. The molecule has 24 heavy (non-hydrogen) atoms. The summed E-state index contributed by atoms with van der Waals surface area (Å²) in [6.07, 6.45) is 1.55. The number of nitrogens with one attached hydrogen (secondary N) is 2. The summed E-state index contributed by atoms with van der Waals surface area (Å²) >= 11 is 7.70. The van der Waals surface area contributed by atoms with Crippen molar-refractivity contribution in [2.24, 2.45) is 0 Å². The number of thiophene rings is 1. The molecule has 0 saturated heterocycles. The summed E-state index contributed by atoms with van der Waals surface area (Å²) < 4.78 is 0.879. The van der Waals surface area contributed by atoms with Gasteiger partial charge in [0, 0.05) is 23.2 Å². The number of carboxylic acid groups (broad SMARTS) is 1. The molecule has 0 atom stereocenters. The van der Waals surface area contributed by atoms with E-state index < -0.39 is 5.97 Å². The minimum atomic E-state index is -0.951. The number of anilines is 1. The molecule has 2 heterocycles. The fraction of sp³-hybridized carbons (Fsp3) is 0.188. The zero-order valence-electron chi connectivity index (χ0n) is 12.8. The third-order valence-electron chi connectivity index (χ3n) is 3.43. The Labute approximate surface area is 147 Å². The van der Waals surface area contributed by atoms with Gasteiger partial charge in [0.1, 0.15) is 5.69 Å². The van der Waals surface area contributed by atoms with Gasteiger partial charge in [-0.15, -0.1) is 11.3 Å². The minimum Gasteiger partial charge on any atom is -0.478 e. The van der Waals surface area contributed by atoms with Gasteiger partial charge in [0.15, 0.2) is 0 Å². The third-order valence-corrected chi connectivity index (χ3v) is 4.81. The van der Waals surface area contributed by atoms with Crippen LogP contribution in [-0.4, -0.2) is 41.2 Å². The first-order chi connectivity index (χ1) is 11.6. The lowest BCUT2D eigenvalue weighted by atomic mass is 10.1. The van der Waals surface area contributed by atoms with Crippen molar-refractivity contribution in [1.82, 2.24) is 15.3 Å². The van der Waals surface area contributed by atoms with Gasteiger partial charge in [-0.25, -0.2) is 14.8 Å². The van der Waals surface area contributed by atoms with Crippen LogP contribution in [0.25, 0.3) is 20.7 Å². The molecule has 8 heteroatoms. The van der Waals surface area contributed by atoms with Crippen molar-refractivity contribution in [3.63, 3.8) is 0 Å². The van der Waals surface area contributed by atoms with Gasteiger partial charge in [0.25, 0.3) is 0 Å². The molecule has 0 bridgehead atoms. The van der Waals surface area contributed by atoms with Gasteiger partial charge in [0.05, 0.1) is 21.7 Å². The van der Waals surface area contributed by atoms with E-state index in [1.165, 1.54) is 11.3 Å². The second-order valence-corrected chi connectivity index (χ2v) is 6.54. The van der Waals surface area contributed by atoms with Gasteiger partial charge in [-0.1, -0.05) is 17.7 Å². The van der Waals surface area contributed by atoms with Crippen LogP contribution in [0.1, 0.15) is 10.4 Å². The predicted octanol–water partition coefficient (Wildman–Crippen LogP) is 3.34. The maximum atomic E-state index is 11.4. The summed E-state index contributed by atoms with van der Waals surface area (Å²) in [7, 11) is 1.87. The third kappa shape index (κ3) is 3.33. The largest absolute Gasteiger partial charge is 0.478 e. The molecule has 1 aromatic carbocycles. The van der Waals surface area contributed by atoms with Crippen molar-refractivity contribution in [2.75, 3.05) is 25.5 Å². The van der Waals surface area contributed by atoms with Crippen LogP contribution < -0.4 is 10.6 Å². The van der Waals surface area contributed by atoms with Crippen molar-refractivity contribution in [3.8, 4) is 10.6 Å². The fourth-order valence-corrected chi connectivity index (χ4v) is 3.63. The monoisotopic (exact) mass is 362 g/mol. The second-order valence-electron chi connectivity index (χ2n) is 5.05. The van der Waals surface area contributed by atoms with Crippen molar-refractivity contribution >= 4 is 44.9 Å². The highest BCUT2D eigenvalue weighted by atomic mass is 35.5. The topological polar surface area (TPSA) is 87.1 Å². The summed E-state index contributed by atoms with van der Waals surface area (Å²) in [6.45, 7) is 1.47. The van der Waals surface area contributed by atoms with Crippen LogP contribution in [0.15, 0.2) is 30.5 Å². The molecule has 3 aromatic rings. The predicted molar refractivity (Wildman–Crippen MR) is 97.2 cm³/mol. The Morgan fingerprint density at radius 1 is 1.38 bits per heavy atom. The highest BCUT2D eigenvalue weighted by molar-refractivity contribution is 7.22. The quantitative estimate of drug-likeness (QED) is 0.583. The Bertz CT molecular complexity index is 897. The van der Waals surface area contributed by atoms with Gasteiger partial charge in [-0.2, -0.15) is 0 Å². The summed E-state index contributed by atoms with van der Waals surface area (Å²) in [5, 5.41) is 16.6. The first-order valence-electron chi connectivity index (χ1n) is 7.27. The number of fused-ring (bicyclic) bond motifs is 1.